The summed E-state index contributed by atoms with van der Waals surface area (Å²) in [6, 6.07) is 3.36. The van der Waals surface area contributed by atoms with Gasteiger partial charge in [-0.15, -0.1) is 0 Å². The Morgan fingerprint density at radius 1 is 1.33 bits per heavy atom. The zero-order chi connectivity index (χ0) is 14.1. The number of carbonyl (C=O) groups excluding carboxylic acids is 2. The Morgan fingerprint density at radius 2 is 1.89 bits per heavy atom. The molecule has 0 unspecified atom stereocenters. The molecule has 0 aliphatic heterocycles. The first-order valence-electron chi connectivity index (χ1n) is 5.33. The second kappa shape index (κ2) is 4.97. The molecule has 5 nitrogen and oxygen atoms in total. The lowest BCUT2D eigenvalue weighted by molar-refractivity contribution is -0.122. The van der Waals surface area contributed by atoms with Gasteiger partial charge in [0.25, 0.3) is 5.91 Å². The van der Waals surface area contributed by atoms with Gasteiger partial charge in [0.1, 0.15) is 5.54 Å². The second-order valence-electron chi connectivity index (χ2n) is 4.61. The lowest BCUT2D eigenvalue weighted by Crippen LogP contribution is -2.53. The van der Waals surface area contributed by atoms with Gasteiger partial charge in [-0.1, -0.05) is 15.9 Å². The minimum atomic E-state index is -1.11. The first-order valence-corrected chi connectivity index (χ1v) is 6.12. The first-order chi connectivity index (χ1) is 8.15. The number of hydrogen-bond donors (Lipinski definition) is 3. The van der Waals surface area contributed by atoms with E-state index >= 15 is 0 Å². The van der Waals surface area contributed by atoms with Gasteiger partial charge in [0.05, 0.1) is 0 Å². The van der Waals surface area contributed by atoms with E-state index in [4.69, 9.17) is 11.5 Å². The number of carbonyl (C=O) groups is 2. The van der Waals surface area contributed by atoms with Gasteiger partial charge in [-0.25, -0.2) is 0 Å². The molecule has 0 atom stereocenters. The van der Waals surface area contributed by atoms with Crippen LogP contribution in [0.25, 0.3) is 0 Å². The van der Waals surface area contributed by atoms with Gasteiger partial charge in [0.2, 0.25) is 5.91 Å². The van der Waals surface area contributed by atoms with Crippen LogP contribution in [-0.2, 0) is 4.79 Å². The van der Waals surface area contributed by atoms with Crippen molar-refractivity contribution in [2.75, 3.05) is 5.73 Å². The Bertz CT molecular complexity index is 512. The maximum atomic E-state index is 12.1. The third-order valence-electron chi connectivity index (χ3n) is 2.70. The van der Waals surface area contributed by atoms with Crippen LogP contribution in [0.2, 0.25) is 0 Å². The van der Waals surface area contributed by atoms with Gasteiger partial charge < -0.3 is 16.8 Å². The topological polar surface area (TPSA) is 98.2 Å². The fourth-order valence-electron chi connectivity index (χ4n) is 1.35. The molecule has 98 valence electrons. The number of nitrogens with one attached hydrogen (secondary N) is 1. The predicted molar refractivity (Wildman–Crippen MR) is 74.0 cm³/mol. The molecule has 1 rings (SSSR count). The molecular formula is C12H16BrN3O2. The number of nitrogens with two attached hydrogens (primary N) is 2. The van der Waals surface area contributed by atoms with E-state index in [0.29, 0.717) is 21.3 Å². The Hall–Kier alpha value is -1.56. The predicted octanol–water partition coefficient (Wildman–Crippen LogP) is 1.33. The molecule has 0 aliphatic carbocycles. The van der Waals surface area contributed by atoms with Gasteiger partial charge >= 0.3 is 0 Å². The summed E-state index contributed by atoms with van der Waals surface area (Å²) in [4.78, 5) is 23.3. The normalized spacial score (nSPS) is 11.1. The van der Waals surface area contributed by atoms with Crippen molar-refractivity contribution in [3.05, 3.63) is 27.7 Å². The highest BCUT2D eigenvalue weighted by Gasteiger charge is 2.28. The molecule has 0 spiro atoms. The molecule has 0 aliphatic rings. The number of hydrogen-bond acceptors (Lipinski definition) is 3. The van der Waals surface area contributed by atoms with E-state index in [0.717, 1.165) is 0 Å². The summed E-state index contributed by atoms with van der Waals surface area (Å²) in [6.07, 6.45) is 0. The SMILES string of the molecule is Cc1c(N)cc(Br)cc1C(=O)NC(C)(C)C(N)=O. The van der Waals surface area contributed by atoms with Gasteiger partial charge in [-0.3, -0.25) is 9.59 Å². The summed E-state index contributed by atoms with van der Waals surface area (Å²) in [6.45, 7) is 4.84. The molecule has 2 amide bonds. The van der Waals surface area contributed by atoms with Crippen LogP contribution in [0.15, 0.2) is 16.6 Å². The lowest BCUT2D eigenvalue weighted by atomic mass is 10.0. The smallest absolute Gasteiger partial charge is 0.252 e. The van der Waals surface area contributed by atoms with E-state index in [2.05, 4.69) is 21.2 Å². The van der Waals surface area contributed by atoms with Crippen molar-refractivity contribution in [2.45, 2.75) is 26.3 Å². The van der Waals surface area contributed by atoms with E-state index in [1.54, 1.807) is 32.9 Å². The molecule has 0 saturated heterocycles. The average Bonchev–Trinajstić information content (AvgIpc) is 2.22. The largest absolute Gasteiger partial charge is 0.398 e. The Labute approximate surface area is 114 Å². The monoisotopic (exact) mass is 313 g/mol. The van der Waals surface area contributed by atoms with Crippen LogP contribution in [0.4, 0.5) is 5.69 Å². The molecule has 18 heavy (non-hydrogen) atoms. The number of primary amides is 1. The van der Waals surface area contributed by atoms with Gasteiger partial charge in [-0.2, -0.15) is 0 Å². The minimum Gasteiger partial charge on any atom is -0.398 e. The Morgan fingerprint density at radius 3 is 2.39 bits per heavy atom. The molecular weight excluding hydrogens is 298 g/mol. The zero-order valence-corrected chi connectivity index (χ0v) is 12.1. The van der Waals surface area contributed by atoms with Crippen molar-refractivity contribution < 1.29 is 9.59 Å². The second-order valence-corrected chi connectivity index (χ2v) is 5.53. The highest BCUT2D eigenvalue weighted by atomic mass is 79.9. The zero-order valence-electron chi connectivity index (χ0n) is 10.5. The molecule has 6 heteroatoms. The van der Waals surface area contributed by atoms with Crippen molar-refractivity contribution >= 4 is 33.4 Å². The van der Waals surface area contributed by atoms with E-state index in [1.165, 1.54) is 0 Å². The third-order valence-corrected chi connectivity index (χ3v) is 3.16. The molecule has 0 aromatic heterocycles. The van der Waals surface area contributed by atoms with E-state index in [9.17, 15) is 9.59 Å². The molecule has 0 heterocycles. The Balaban J connectivity index is 3.09. The van der Waals surface area contributed by atoms with Crippen molar-refractivity contribution in [3.8, 4) is 0 Å². The van der Waals surface area contributed by atoms with Crippen molar-refractivity contribution in [1.29, 1.82) is 0 Å². The third kappa shape index (κ3) is 3.01. The van der Waals surface area contributed by atoms with Gasteiger partial charge in [0, 0.05) is 15.7 Å². The molecule has 5 N–H and O–H groups in total. The summed E-state index contributed by atoms with van der Waals surface area (Å²) in [5.74, 6) is -0.985. The summed E-state index contributed by atoms with van der Waals surface area (Å²) in [5, 5.41) is 2.58. The minimum absolute atomic E-state index is 0.385. The summed E-state index contributed by atoms with van der Waals surface area (Å²) in [7, 11) is 0. The van der Waals surface area contributed by atoms with E-state index in [-0.39, 0.29) is 5.91 Å². The number of amides is 2. The van der Waals surface area contributed by atoms with Crippen LogP contribution in [0, 0.1) is 6.92 Å². The van der Waals surface area contributed by atoms with Crippen molar-refractivity contribution in [2.24, 2.45) is 5.73 Å². The van der Waals surface area contributed by atoms with Crippen LogP contribution in [-0.4, -0.2) is 17.4 Å². The number of nitrogen functional groups attached to an aromatic ring is 1. The van der Waals surface area contributed by atoms with Crippen LogP contribution in [0.5, 0.6) is 0 Å². The van der Waals surface area contributed by atoms with Crippen LogP contribution >= 0.6 is 15.9 Å². The fraction of sp³-hybridized carbons (Fsp3) is 0.333. The summed E-state index contributed by atoms with van der Waals surface area (Å²) >= 11 is 3.27. The van der Waals surface area contributed by atoms with E-state index in [1.807, 2.05) is 0 Å². The van der Waals surface area contributed by atoms with Crippen LogP contribution in [0.1, 0.15) is 29.8 Å². The van der Waals surface area contributed by atoms with E-state index < -0.39 is 11.4 Å². The lowest BCUT2D eigenvalue weighted by Gasteiger charge is -2.23. The Kier molecular flexibility index (Phi) is 4.01. The molecule has 0 bridgehead atoms. The van der Waals surface area contributed by atoms with Crippen molar-refractivity contribution in [1.82, 2.24) is 5.32 Å². The highest BCUT2D eigenvalue weighted by Crippen LogP contribution is 2.23. The molecule has 0 radical (unpaired) electrons. The van der Waals surface area contributed by atoms with Crippen molar-refractivity contribution in [3.63, 3.8) is 0 Å². The summed E-state index contributed by atoms with van der Waals surface area (Å²) in [5.41, 5.74) is 11.5. The maximum Gasteiger partial charge on any atom is 0.252 e. The number of anilines is 1. The maximum absolute atomic E-state index is 12.1. The standard InChI is InChI=1S/C12H16BrN3O2/c1-6-8(4-7(13)5-9(6)14)10(17)16-12(2,3)11(15)18/h4-5H,14H2,1-3H3,(H2,15,18)(H,16,17). The first kappa shape index (κ1) is 14.5. The number of halogens is 1. The van der Waals surface area contributed by atoms with Crippen LogP contribution < -0.4 is 16.8 Å². The molecule has 1 aromatic carbocycles. The van der Waals surface area contributed by atoms with Gasteiger partial charge in [-0.05, 0) is 38.5 Å². The fourth-order valence-corrected chi connectivity index (χ4v) is 1.82. The number of rotatable bonds is 3. The average molecular weight is 314 g/mol. The highest BCUT2D eigenvalue weighted by molar-refractivity contribution is 9.10. The molecule has 0 saturated carbocycles. The van der Waals surface area contributed by atoms with Crippen LogP contribution in [0.3, 0.4) is 0 Å². The molecule has 0 fully saturated rings. The summed E-state index contributed by atoms with van der Waals surface area (Å²) < 4.78 is 0.702. The number of benzene rings is 1. The quantitative estimate of drug-likeness (QED) is 0.734. The van der Waals surface area contributed by atoms with Gasteiger partial charge in [0.15, 0.2) is 0 Å². The molecule has 1 aromatic rings.